The number of nitrogens with one attached hydrogen (secondary N) is 1. The number of para-hydroxylation sites is 1. The van der Waals surface area contributed by atoms with Gasteiger partial charge in [-0.15, -0.1) is 0 Å². The van der Waals surface area contributed by atoms with E-state index < -0.39 is 38.9 Å². The number of halogens is 1. The third kappa shape index (κ3) is 3.14. The highest BCUT2D eigenvalue weighted by molar-refractivity contribution is 7.89. The Morgan fingerprint density at radius 3 is 2.76 bits per heavy atom. The molecular formula is C9H11FN2O4S. The number of ether oxygens (including phenoxy) is 1. The van der Waals surface area contributed by atoms with Gasteiger partial charge in [0.25, 0.3) is 0 Å². The van der Waals surface area contributed by atoms with Gasteiger partial charge in [-0.1, -0.05) is 6.07 Å². The summed E-state index contributed by atoms with van der Waals surface area (Å²) in [5.41, 5.74) is 4.80. The molecule has 6 nitrogen and oxygen atoms in total. The minimum Gasteiger partial charge on any atom is -0.468 e. The summed E-state index contributed by atoms with van der Waals surface area (Å²) in [6.45, 7) is -0.547. The number of rotatable bonds is 4. The maximum Gasteiger partial charge on any atom is 0.320 e. The van der Waals surface area contributed by atoms with Crippen LogP contribution in [0.5, 0.6) is 0 Å². The quantitative estimate of drug-likeness (QED) is 0.581. The fourth-order valence-electron chi connectivity index (χ4n) is 1.06. The number of sulfonamides is 1. The van der Waals surface area contributed by atoms with Crippen molar-refractivity contribution in [2.45, 2.75) is 4.90 Å². The Hall–Kier alpha value is -1.67. The molecule has 1 aromatic carbocycles. The number of anilines is 1. The van der Waals surface area contributed by atoms with E-state index in [1.54, 1.807) is 0 Å². The summed E-state index contributed by atoms with van der Waals surface area (Å²) in [5.74, 6) is -1.60. The molecular weight excluding hydrogens is 251 g/mol. The Morgan fingerprint density at radius 2 is 2.18 bits per heavy atom. The molecule has 0 saturated carbocycles. The zero-order valence-corrected chi connectivity index (χ0v) is 9.75. The normalized spacial score (nSPS) is 11.2. The van der Waals surface area contributed by atoms with E-state index in [0.717, 1.165) is 19.2 Å². The molecule has 94 valence electrons. The second-order valence-electron chi connectivity index (χ2n) is 3.05. The van der Waals surface area contributed by atoms with Crippen LogP contribution in [0.3, 0.4) is 0 Å². The minimum absolute atomic E-state index is 0.415. The number of methoxy groups -OCH3 is 1. The summed E-state index contributed by atoms with van der Waals surface area (Å²) in [6, 6.07) is 3.38. The Labute approximate surface area is 97.6 Å². The Kier molecular flexibility index (Phi) is 4.02. The molecule has 0 aliphatic heterocycles. The monoisotopic (exact) mass is 262 g/mol. The number of nitrogen functional groups attached to an aromatic ring is 1. The molecule has 0 amide bonds. The van der Waals surface area contributed by atoms with Crippen molar-refractivity contribution in [3.63, 3.8) is 0 Å². The number of esters is 1. The van der Waals surface area contributed by atoms with Gasteiger partial charge in [0.15, 0.2) is 0 Å². The number of nitrogens with two attached hydrogens (primary N) is 1. The minimum atomic E-state index is -4.03. The van der Waals surface area contributed by atoms with Gasteiger partial charge >= 0.3 is 5.97 Å². The summed E-state index contributed by atoms with van der Waals surface area (Å²) in [6.07, 6.45) is 0. The standard InChI is InChI=1S/C9H11FN2O4S/c1-16-8(13)5-12-17(14,15)7-4-2-3-6(10)9(7)11/h2-4,12H,5,11H2,1H3. The molecule has 8 heteroatoms. The Balaban J connectivity index is 2.98. The van der Waals surface area contributed by atoms with Crippen molar-refractivity contribution in [3.05, 3.63) is 24.0 Å². The summed E-state index contributed by atoms with van der Waals surface area (Å²) < 4.78 is 42.6. The summed E-state index contributed by atoms with van der Waals surface area (Å²) in [4.78, 5) is 10.4. The van der Waals surface area contributed by atoms with Gasteiger partial charge < -0.3 is 10.5 Å². The Morgan fingerprint density at radius 1 is 1.53 bits per heavy atom. The van der Waals surface area contributed by atoms with Crippen LogP contribution in [0.25, 0.3) is 0 Å². The van der Waals surface area contributed by atoms with Crippen molar-refractivity contribution in [2.24, 2.45) is 0 Å². The van der Waals surface area contributed by atoms with Crippen LogP contribution >= 0.6 is 0 Å². The van der Waals surface area contributed by atoms with E-state index in [1.165, 1.54) is 6.07 Å². The zero-order chi connectivity index (χ0) is 13.1. The van der Waals surface area contributed by atoms with Crippen molar-refractivity contribution in [3.8, 4) is 0 Å². The van der Waals surface area contributed by atoms with E-state index in [2.05, 4.69) is 4.74 Å². The molecule has 0 radical (unpaired) electrons. The Bertz CT molecular complexity index is 530. The van der Waals surface area contributed by atoms with Crippen LogP contribution in [0.2, 0.25) is 0 Å². The lowest BCUT2D eigenvalue weighted by molar-refractivity contribution is -0.139. The third-order valence-corrected chi connectivity index (χ3v) is 3.40. The van der Waals surface area contributed by atoms with Crippen molar-refractivity contribution < 1.29 is 22.3 Å². The molecule has 0 bridgehead atoms. The SMILES string of the molecule is COC(=O)CNS(=O)(=O)c1cccc(F)c1N. The molecule has 0 atom stereocenters. The van der Waals surface area contributed by atoms with E-state index >= 15 is 0 Å². The van der Waals surface area contributed by atoms with Crippen LogP contribution in [-0.2, 0) is 19.6 Å². The van der Waals surface area contributed by atoms with E-state index in [4.69, 9.17) is 5.73 Å². The molecule has 1 aromatic rings. The topological polar surface area (TPSA) is 98.5 Å². The van der Waals surface area contributed by atoms with E-state index in [9.17, 15) is 17.6 Å². The van der Waals surface area contributed by atoms with Crippen LogP contribution in [0.1, 0.15) is 0 Å². The molecule has 0 aliphatic rings. The predicted molar refractivity (Wildman–Crippen MR) is 58.0 cm³/mol. The molecule has 1 rings (SSSR count). The lowest BCUT2D eigenvalue weighted by Crippen LogP contribution is -2.30. The van der Waals surface area contributed by atoms with Gasteiger partial charge in [-0.05, 0) is 12.1 Å². The molecule has 17 heavy (non-hydrogen) atoms. The number of carbonyl (C=O) groups excluding carboxylic acids is 1. The second kappa shape index (κ2) is 5.11. The van der Waals surface area contributed by atoms with Crippen LogP contribution in [-0.4, -0.2) is 28.0 Å². The molecule has 0 aliphatic carbocycles. The summed E-state index contributed by atoms with van der Waals surface area (Å²) in [7, 11) is -2.92. The lowest BCUT2D eigenvalue weighted by atomic mass is 10.3. The van der Waals surface area contributed by atoms with Gasteiger partial charge in [0, 0.05) is 0 Å². The first-order valence-electron chi connectivity index (χ1n) is 4.49. The fourth-order valence-corrected chi connectivity index (χ4v) is 2.16. The van der Waals surface area contributed by atoms with E-state index in [1.807, 2.05) is 4.72 Å². The first kappa shape index (κ1) is 13.4. The van der Waals surface area contributed by atoms with Crippen LogP contribution in [0.4, 0.5) is 10.1 Å². The number of hydrogen-bond acceptors (Lipinski definition) is 5. The maximum atomic E-state index is 13.1. The smallest absolute Gasteiger partial charge is 0.320 e. The highest BCUT2D eigenvalue weighted by atomic mass is 32.2. The summed E-state index contributed by atoms with van der Waals surface area (Å²) >= 11 is 0. The highest BCUT2D eigenvalue weighted by Gasteiger charge is 2.20. The number of hydrogen-bond donors (Lipinski definition) is 2. The van der Waals surface area contributed by atoms with Crippen LogP contribution in [0.15, 0.2) is 23.1 Å². The molecule has 0 fully saturated rings. The van der Waals surface area contributed by atoms with Gasteiger partial charge in [0.2, 0.25) is 10.0 Å². The van der Waals surface area contributed by atoms with E-state index in [-0.39, 0.29) is 0 Å². The molecule has 0 saturated heterocycles. The molecule has 3 N–H and O–H groups in total. The van der Waals surface area contributed by atoms with Gasteiger partial charge in [0.1, 0.15) is 17.3 Å². The average molecular weight is 262 g/mol. The van der Waals surface area contributed by atoms with Gasteiger partial charge in [0.05, 0.1) is 12.8 Å². The first-order chi connectivity index (χ1) is 7.88. The molecule has 0 unspecified atom stereocenters. The highest BCUT2D eigenvalue weighted by Crippen LogP contribution is 2.20. The molecule has 0 aromatic heterocycles. The van der Waals surface area contributed by atoms with Gasteiger partial charge in [-0.2, -0.15) is 4.72 Å². The van der Waals surface area contributed by atoms with Crippen molar-refractivity contribution in [2.75, 3.05) is 19.4 Å². The lowest BCUT2D eigenvalue weighted by Gasteiger charge is -2.08. The number of benzene rings is 1. The van der Waals surface area contributed by atoms with Crippen LogP contribution < -0.4 is 10.5 Å². The van der Waals surface area contributed by atoms with Crippen molar-refractivity contribution in [1.29, 1.82) is 0 Å². The predicted octanol–water partition coefficient (Wildman–Crippen LogP) is -0.141. The zero-order valence-electron chi connectivity index (χ0n) is 8.94. The largest absolute Gasteiger partial charge is 0.468 e. The maximum absolute atomic E-state index is 13.1. The fraction of sp³-hybridized carbons (Fsp3) is 0.222. The van der Waals surface area contributed by atoms with Gasteiger partial charge in [-0.3, -0.25) is 4.79 Å². The van der Waals surface area contributed by atoms with Gasteiger partial charge in [-0.25, -0.2) is 12.8 Å². The summed E-state index contributed by atoms with van der Waals surface area (Å²) in [5, 5.41) is 0. The average Bonchev–Trinajstić information content (AvgIpc) is 2.29. The van der Waals surface area contributed by atoms with E-state index in [0.29, 0.717) is 0 Å². The second-order valence-corrected chi connectivity index (χ2v) is 4.79. The molecule has 0 heterocycles. The molecule has 0 spiro atoms. The van der Waals surface area contributed by atoms with Crippen molar-refractivity contribution in [1.82, 2.24) is 4.72 Å². The van der Waals surface area contributed by atoms with Crippen molar-refractivity contribution >= 4 is 21.7 Å². The van der Waals surface area contributed by atoms with Crippen LogP contribution in [0, 0.1) is 5.82 Å². The first-order valence-corrected chi connectivity index (χ1v) is 5.97. The third-order valence-electron chi connectivity index (χ3n) is 1.94. The number of carbonyl (C=O) groups is 1.